The monoisotopic (exact) mass is 679 g/mol. The molecular weight excluding hydrogens is 647 g/mol. The summed E-state index contributed by atoms with van der Waals surface area (Å²) in [4.78, 5) is 2.40. The average Bonchev–Trinajstić information content (AvgIpc) is 3.80. The van der Waals surface area contributed by atoms with Crippen LogP contribution >= 0.6 is 0 Å². The molecule has 250 valence electrons. The Bertz CT molecular complexity index is 2930. The molecule has 1 aliphatic heterocycles. The van der Waals surface area contributed by atoms with Gasteiger partial charge in [-0.15, -0.1) is 0 Å². The molecule has 2 heterocycles. The van der Waals surface area contributed by atoms with Gasteiger partial charge in [0, 0.05) is 50.0 Å². The number of hydrogen-bond acceptors (Lipinski definition) is 3. The highest BCUT2D eigenvalue weighted by atomic mass is 16.5. The standard InChI is InChI=1S/C50H33NO2/c1-2-11-32(12-3-1)34-23-25-37(26-24-34)51(38-27-28-48-44(30-38)41-16-8-9-20-47(41)52-48)46-31-45-43-19-10-18-39(36-22-21-33-13-4-5-14-35(33)29-36)49(43)53-50(45)42-17-7-6-15-40(42)46/h1-31,43,49H. The maximum Gasteiger partial charge on any atom is 0.135 e. The number of allylic oxidation sites excluding steroid dienone is 2. The number of furan rings is 1. The molecular formula is C50H33NO2. The zero-order chi connectivity index (χ0) is 34.9. The smallest absolute Gasteiger partial charge is 0.135 e. The summed E-state index contributed by atoms with van der Waals surface area (Å²) in [6.45, 7) is 0. The summed E-state index contributed by atoms with van der Waals surface area (Å²) in [6.07, 6.45) is 6.62. The number of hydrogen-bond donors (Lipinski definition) is 0. The van der Waals surface area contributed by atoms with E-state index in [0.717, 1.165) is 55.5 Å². The fourth-order valence-corrected chi connectivity index (χ4v) is 8.46. The van der Waals surface area contributed by atoms with Crippen LogP contribution in [0.3, 0.4) is 0 Å². The molecule has 8 aromatic carbocycles. The average molecular weight is 680 g/mol. The first-order valence-electron chi connectivity index (χ1n) is 18.2. The number of nitrogens with zero attached hydrogens (tertiary/aromatic N) is 1. The molecule has 0 fully saturated rings. The van der Waals surface area contributed by atoms with Crippen molar-refractivity contribution in [2.75, 3.05) is 4.90 Å². The molecule has 2 aliphatic rings. The number of para-hydroxylation sites is 1. The van der Waals surface area contributed by atoms with E-state index < -0.39 is 0 Å². The van der Waals surface area contributed by atoms with Crippen molar-refractivity contribution in [3.63, 3.8) is 0 Å². The fourth-order valence-electron chi connectivity index (χ4n) is 8.46. The second-order valence-corrected chi connectivity index (χ2v) is 14.0. The summed E-state index contributed by atoms with van der Waals surface area (Å²) < 4.78 is 13.3. The Morgan fingerprint density at radius 1 is 0.472 bits per heavy atom. The van der Waals surface area contributed by atoms with Crippen LogP contribution in [0, 0.1) is 0 Å². The van der Waals surface area contributed by atoms with E-state index in [2.05, 4.69) is 181 Å². The van der Waals surface area contributed by atoms with Crippen LogP contribution in [0.4, 0.5) is 17.1 Å². The molecule has 53 heavy (non-hydrogen) atoms. The molecule has 0 saturated heterocycles. The maximum atomic E-state index is 7.06. The van der Waals surface area contributed by atoms with Gasteiger partial charge in [0.15, 0.2) is 0 Å². The summed E-state index contributed by atoms with van der Waals surface area (Å²) in [5.41, 5.74) is 11.0. The van der Waals surface area contributed by atoms with Crippen molar-refractivity contribution in [1.82, 2.24) is 0 Å². The molecule has 2 atom stereocenters. The lowest BCUT2D eigenvalue weighted by Gasteiger charge is -2.28. The second kappa shape index (κ2) is 11.9. The van der Waals surface area contributed by atoms with Gasteiger partial charge in [0.05, 0.1) is 5.69 Å². The predicted octanol–water partition coefficient (Wildman–Crippen LogP) is 13.5. The van der Waals surface area contributed by atoms with Gasteiger partial charge >= 0.3 is 0 Å². The molecule has 0 amide bonds. The highest BCUT2D eigenvalue weighted by Crippen LogP contribution is 2.53. The van der Waals surface area contributed by atoms with E-state index in [9.17, 15) is 0 Å². The lowest BCUT2D eigenvalue weighted by molar-refractivity contribution is 0.281. The zero-order valence-corrected chi connectivity index (χ0v) is 28.8. The Morgan fingerprint density at radius 2 is 1.15 bits per heavy atom. The molecule has 0 spiro atoms. The first kappa shape index (κ1) is 29.8. The third-order valence-corrected chi connectivity index (χ3v) is 11.0. The Kier molecular flexibility index (Phi) is 6.68. The predicted molar refractivity (Wildman–Crippen MR) is 220 cm³/mol. The van der Waals surface area contributed by atoms with E-state index in [1.165, 1.54) is 38.6 Å². The highest BCUT2D eigenvalue weighted by Gasteiger charge is 2.39. The van der Waals surface area contributed by atoms with Crippen LogP contribution in [0.15, 0.2) is 193 Å². The molecule has 0 N–H and O–H groups in total. The third kappa shape index (κ3) is 4.82. The normalized spacial score (nSPS) is 16.1. The van der Waals surface area contributed by atoms with Gasteiger partial charge in [0.25, 0.3) is 0 Å². The largest absolute Gasteiger partial charge is 0.484 e. The van der Waals surface area contributed by atoms with Gasteiger partial charge < -0.3 is 14.1 Å². The van der Waals surface area contributed by atoms with Crippen LogP contribution in [0.25, 0.3) is 60.2 Å². The number of benzene rings is 8. The Balaban J connectivity index is 1.09. The minimum atomic E-state index is -0.123. The number of rotatable bonds is 5. The summed E-state index contributed by atoms with van der Waals surface area (Å²) in [7, 11) is 0. The first-order valence-corrected chi connectivity index (χ1v) is 18.2. The quantitative estimate of drug-likeness (QED) is 0.181. The van der Waals surface area contributed by atoms with E-state index in [1.807, 2.05) is 12.1 Å². The SMILES string of the molecule is C1=CC2c3cc(N(c4ccc(-c5ccccc5)cc4)c4ccc5oc6ccccc6c5c4)c4ccccc4c3OC2C(c2ccc3ccccc3c2)=C1. The minimum absolute atomic E-state index is 0.0717. The first-order chi connectivity index (χ1) is 26.3. The van der Waals surface area contributed by atoms with Crippen molar-refractivity contribution in [3.05, 3.63) is 199 Å². The van der Waals surface area contributed by atoms with E-state index in [0.29, 0.717) is 0 Å². The van der Waals surface area contributed by atoms with Crippen molar-refractivity contribution in [3.8, 4) is 16.9 Å². The van der Waals surface area contributed by atoms with Crippen molar-refractivity contribution in [1.29, 1.82) is 0 Å². The maximum absolute atomic E-state index is 7.06. The second-order valence-electron chi connectivity index (χ2n) is 14.0. The van der Waals surface area contributed by atoms with Crippen molar-refractivity contribution >= 4 is 66.1 Å². The van der Waals surface area contributed by atoms with Gasteiger partial charge in [-0.1, -0.05) is 140 Å². The van der Waals surface area contributed by atoms with Crippen LogP contribution in [-0.4, -0.2) is 6.10 Å². The zero-order valence-electron chi connectivity index (χ0n) is 28.8. The molecule has 0 bridgehead atoms. The van der Waals surface area contributed by atoms with Gasteiger partial charge in [-0.25, -0.2) is 0 Å². The molecule has 0 saturated carbocycles. The fraction of sp³-hybridized carbons (Fsp3) is 0.0400. The molecule has 2 unspecified atom stereocenters. The summed E-state index contributed by atoms with van der Waals surface area (Å²) in [5.74, 6) is 1.04. The lowest BCUT2D eigenvalue weighted by Crippen LogP contribution is -2.21. The summed E-state index contributed by atoms with van der Waals surface area (Å²) in [5, 5.41) is 6.93. The van der Waals surface area contributed by atoms with E-state index in [1.54, 1.807) is 0 Å². The third-order valence-electron chi connectivity index (χ3n) is 11.0. The molecule has 0 radical (unpaired) electrons. The molecule has 3 nitrogen and oxygen atoms in total. The van der Waals surface area contributed by atoms with Crippen LogP contribution in [0.2, 0.25) is 0 Å². The Labute approximate surface area is 307 Å². The molecule has 1 aliphatic carbocycles. The van der Waals surface area contributed by atoms with Crippen LogP contribution < -0.4 is 9.64 Å². The van der Waals surface area contributed by atoms with Crippen LogP contribution in [-0.2, 0) is 0 Å². The molecule has 11 rings (SSSR count). The number of ether oxygens (including phenoxy) is 1. The van der Waals surface area contributed by atoms with Gasteiger partial charge in [-0.3, -0.25) is 0 Å². The van der Waals surface area contributed by atoms with E-state index >= 15 is 0 Å². The Morgan fingerprint density at radius 3 is 2.02 bits per heavy atom. The molecule has 9 aromatic rings. The van der Waals surface area contributed by atoms with Gasteiger partial charge in [-0.05, 0) is 76.0 Å². The number of anilines is 3. The molecule has 1 aromatic heterocycles. The molecule has 3 heteroatoms. The summed E-state index contributed by atoms with van der Waals surface area (Å²) >= 11 is 0. The lowest BCUT2D eigenvalue weighted by atomic mass is 9.83. The number of fused-ring (bicyclic) bond motifs is 9. The van der Waals surface area contributed by atoms with Gasteiger partial charge in [-0.2, -0.15) is 0 Å². The van der Waals surface area contributed by atoms with Crippen molar-refractivity contribution in [2.24, 2.45) is 0 Å². The van der Waals surface area contributed by atoms with Crippen LogP contribution in [0.5, 0.6) is 5.75 Å². The van der Waals surface area contributed by atoms with Crippen LogP contribution in [0.1, 0.15) is 17.0 Å². The van der Waals surface area contributed by atoms with E-state index in [-0.39, 0.29) is 12.0 Å². The van der Waals surface area contributed by atoms with E-state index in [4.69, 9.17) is 9.15 Å². The minimum Gasteiger partial charge on any atom is -0.484 e. The highest BCUT2D eigenvalue weighted by molar-refractivity contribution is 6.08. The van der Waals surface area contributed by atoms with Gasteiger partial charge in [0.2, 0.25) is 0 Å². The van der Waals surface area contributed by atoms with Crippen molar-refractivity contribution < 1.29 is 9.15 Å². The summed E-state index contributed by atoms with van der Waals surface area (Å²) in [6, 6.07) is 60.7. The van der Waals surface area contributed by atoms with Gasteiger partial charge in [0.1, 0.15) is 23.0 Å². The Hall–Kier alpha value is -6.84. The topological polar surface area (TPSA) is 25.6 Å². The van der Waals surface area contributed by atoms with Crippen molar-refractivity contribution in [2.45, 2.75) is 12.0 Å².